The van der Waals surface area contributed by atoms with E-state index in [1.807, 2.05) is 6.08 Å². The van der Waals surface area contributed by atoms with Gasteiger partial charge in [-0.05, 0) is 116 Å². The highest BCUT2D eigenvalue weighted by molar-refractivity contribution is 5.72. The van der Waals surface area contributed by atoms with Crippen LogP contribution in [0, 0.1) is 0 Å². The van der Waals surface area contributed by atoms with Crippen LogP contribution in [0.15, 0.2) is 134 Å². The Bertz CT molecular complexity index is 1550. The fourth-order valence-electron chi connectivity index (χ4n) is 7.42. The maximum atomic E-state index is 12.8. The van der Waals surface area contributed by atoms with Gasteiger partial charge in [-0.25, -0.2) is 0 Å². The van der Waals surface area contributed by atoms with Gasteiger partial charge in [-0.1, -0.05) is 238 Å². The van der Waals surface area contributed by atoms with Crippen LogP contribution in [0.25, 0.3) is 0 Å². The van der Waals surface area contributed by atoms with Crippen molar-refractivity contribution in [2.75, 3.05) is 13.2 Å². The Balaban J connectivity index is 4.50. The molecule has 0 N–H and O–H groups in total. The average Bonchev–Trinajstić information content (AvgIpc) is 3.37. The van der Waals surface area contributed by atoms with Crippen molar-refractivity contribution in [2.24, 2.45) is 0 Å². The van der Waals surface area contributed by atoms with Gasteiger partial charge in [-0.2, -0.15) is 0 Å². The molecular formula is C65H104O6. The molecule has 400 valence electrons. The summed E-state index contributed by atoms with van der Waals surface area (Å²) < 4.78 is 16.7. The summed E-state index contributed by atoms with van der Waals surface area (Å²) in [6, 6.07) is 0. The molecule has 0 aliphatic carbocycles. The van der Waals surface area contributed by atoms with Crippen LogP contribution in [0.4, 0.5) is 0 Å². The van der Waals surface area contributed by atoms with Crippen LogP contribution in [-0.4, -0.2) is 37.2 Å². The Morgan fingerprint density at radius 1 is 0.310 bits per heavy atom. The van der Waals surface area contributed by atoms with E-state index >= 15 is 0 Å². The molecule has 0 fully saturated rings. The van der Waals surface area contributed by atoms with E-state index in [9.17, 15) is 14.4 Å². The Kier molecular flexibility index (Phi) is 54.5. The number of allylic oxidation sites excluding steroid dienone is 21. The number of rotatable bonds is 50. The molecule has 0 spiro atoms. The minimum absolute atomic E-state index is 0.0875. The third-order valence-corrected chi connectivity index (χ3v) is 11.7. The van der Waals surface area contributed by atoms with Crippen molar-refractivity contribution in [1.82, 2.24) is 0 Å². The molecule has 1 unspecified atom stereocenters. The molecule has 0 saturated heterocycles. The van der Waals surface area contributed by atoms with Crippen molar-refractivity contribution in [3.8, 4) is 0 Å². The van der Waals surface area contributed by atoms with Gasteiger partial charge in [0.25, 0.3) is 0 Å². The second kappa shape index (κ2) is 58.1. The molecule has 0 heterocycles. The fourth-order valence-corrected chi connectivity index (χ4v) is 7.42. The van der Waals surface area contributed by atoms with Crippen LogP contribution in [0.1, 0.15) is 239 Å². The van der Waals surface area contributed by atoms with Gasteiger partial charge < -0.3 is 14.2 Å². The molecule has 0 amide bonds. The predicted molar refractivity (Wildman–Crippen MR) is 306 cm³/mol. The van der Waals surface area contributed by atoms with Gasteiger partial charge in [-0.3, -0.25) is 14.4 Å². The third-order valence-electron chi connectivity index (χ3n) is 11.7. The number of carbonyl (C=O) groups excluding carboxylic acids is 3. The van der Waals surface area contributed by atoms with Crippen LogP contribution in [0.5, 0.6) is 0 Å². The highest BCUT2D eigenvalue weighted by Crippen LogP contribution is 2.13. The molecule has 1 atom stereocenters. The number of hydrogen-bond donors (Lipinski definition) is 0. The van der Waals surface area contributed by atoms with Gasteiger partial charge in [0.05, 0.1) is 6.42 Å². The fraction of sp³-hybridized carbons (Fsp3) is 0.615. The zero-order valence-corrected chi connectivity index (χ0v) is 45.7. The van der Waals surface area contributed by atoms with E-state index in [2.05, 4.69) is 142 Å². The van der Waals surface area contributed by atoms with Crippen molar-refractivity contribution in [2.45, 2.75) is 245 Å². The monoisotopic (exact) mass is 981 g/mol. The largest absolute Gasteiger partial charge is 0.462 e. The summed E-state index contributed by atoms with van der Waals surface area (Å²) in [5.74, 6) is -1.08. The molecule has 71 heavy (non-hydrogen) atoms. The summed E-state index contributed by atoms with van der Waals surface area (Å²) >= 11 is 0. The molecule has 0 rings (SSSR count). The normalized spacial score (nSPS) is 13.1. The lowest BCUT2D eigenvalue weighted by atomic mass is 10.1. The first kappa shape index (κ1) is 66.6. The van der Waals surface area contributed by atoms with Crippen LogP contribution < -0.4 is 0 Å². The van der Waals surface area contributed by atoms with E-state index in [1.54, 1.807) is 6.08 Å². The Hall–Kier alpha value is -4.45. The molecule has 6 nitrogen and oxygen atoms in total. The Morgan fingerprint density at radius 3 is 0.944 bits per heavy atom. The molecule has 0 aliphatic heterocycles. The highest BCUT2D eigenvalue weighted by atomic mass is 16.6. The second-order valence-electron chi connectivity index (χ2n) is 18.4. The number of esters is 3. The molecule has 0 aromatic rings. The molecule has 0 saturated carbocycles. The highest BCUT2D eigenvalue weighted by Gasteiger charge is 2.19. The van der Waals surface area contributed by atoms with Gasteiger partial charge in [0.2, 0.25) is 0 Å². The maximum Gasteiger partial charge on any atom is 0.310 e. The zero-order chi connectivity index (χ0) is 51.4. The van der Waals surface area contributed by atoms with Gasteiger partial charge >= 0.3 is 17.9 Å². The third kappa shape index (κ3) is 56.3. The minimum atomic E-state index is -0.846. The lowest BCUT2D eigenvalue weighted by Gasteiger charge is -2.18. The Labute approximate surface area is 436 Å². The van der Waals surface area contributed by atoms with E-state index in [1.165, 1.54) is 77.0 Å². The van der Waals surface area contributed by atoms with Crippen LogP contribution in [-0.2, 0) is 28.6 Å². The summed E-state index contributed by atoms with van der Waals surface area (Å²) in [5.41, 5.74) is 0. The van der Waals surface area contributed by atoms with Crippen molar-refractivity contribution in [3.63, 3.8) is 0 Å². The summed E-state index contributed by atoms with van der Waals surface area (Å²) in [5, 5.41) is 0. The molecule has 0 aromatic heterocycles. The smallest absolute Gasteiger partial charge is 0.310 e. The summed E-state index contributed by atoms with van der Waals surface area (Å²) in [6.07, 6.45) is 81.8. The van der Waals surface area contributed by atoms with Crippen LogP contribution >= 0.6 is 0 Å². The number of carbonyl (C=O) groups is 3. The molecule has 0 aliphatic rings. The first-order chi connectivity index (χ1) is 35.0. The van der Waals surface area contributed by atoms with E-state index in [0.717, 1.165) is 116 Å². The molecule has 6 heteroatoms. The number of hydrogen-bond acceptors (Lipinski definition) is 6. The minimum Gasteiger partial charge on any atom is -0.462 e. The predicted octanol–water partition coefficient (Wildman–Crippen LogP) is 19.4. The van der Waals surface area contributed by atoms with Crippen LogP contribution in [0.2, 0.25) is 0 Å². The second-order valence-corrected chi connectivity index (χ2v) is 18.4. The SMILES string of the molecule is CC/C=C\C/C=C\C/C=C\C/C=C\C/C=C\CCCCCCCCCC(=O)OCC(COC(=O)CCCCCCC/C=C\CCCCCCCC)OC(=O)C/C=C\C/C=C\C/C=C\C/C=C\C/C=C\CC. The van der Waals surface area contributed by atoms with E-state index < -0.39 is 12.1 Å². The average molecular weight is 982 g/mol. The van der Waals surface area contributed by atoms with E-state index in [0.29, 0.717) is 19.3 Å². The van der Waals surface area contributed by atoms with Crippen LogP contribution in [0.3, 0.4) is 0 Å². The summed E-state index contributed by atoms with van der Waals surface area (Å²) in [6.45, 7) is 6.30. The maximum absolute atomic E-state index is 12.8. The van der Waals surface area contributed by atoms with Gasteiger partial charge in [0, 0.05) is 12.8 Å². The molecule has 0 aromatic carbocycles. The van der Waals surface area contributed by atoms with Gasteiger partial charge in [-0.15, -0.1) is 0 Å². The van der Waals surface area contributed by atoms with Gasteiger partial charge in [0.15, 0.2) is 6.10 Å². The molecule has 0 bridgehead atoms. The molecular weight excluding hydrogens is 877 g/mol. The first-order valence-corrected chi connectivity index (χ1v) is 28.7. The molecule has 0 radical (unpaired) electrons. The van der Waals surface area contributed by atoms with E-state index in [-0.39, 0.29) is 31.6 Å². The lowest BCUT2D eigenvalue weighted by Crippen LogP contribution is -2.30. The van der Waals surface area contributed by atoms with E-state index in [4.69, 9.17) is 14.2 Å². The zero-order valence-electron chi connectivity index (χ0n) is 45.7. The topological polar surface area (TPSA) is 78.9 Å². The van der Waals surface area contributed by atoms with Gasteiger partial charge in [0.1, 0.15) is 13.2 Å². The number of unbranched alkanes of at least 4 members (excludes halogenated alkanes) is 18. The Morgan fingerprint density at radius 2 is 0.592 bits per heavy atom. The van der Waals surface area contributed by atoms with Crippen molar-refractivity contribution < 1.29 is 28.6 Å². The number of ether oxygens (including phenoxy) is 3. The standard InChI is InChI=1S/C65H104O6/c1-4-7-10-13-16-19-22-25-28-29-30-31-32-33-34-35-38-40-43-46-49-52-55-58-64(67)70-61-62(71-65(68)59-56-53-50-47-44-41-37-27-24-21-18-15-12-9-6-3)60-69-63(66)57-54-51-48-45-42-39-36-26-23-20-17-14-11-8-5-2/h7,9-10,12,16,18-19,21,25-28,30-31,33-34,36-37,44,47,53,56,62H,4-6,8,11,13-15,17,20,22-24,29,32,35,38-43,45-46,48-52,54-55,57-61H2,1-3H3/b10-7-,12-9-,19-16-,21-18-,28-25-,31-30-,34-33-,36-26-,37-27-,47-44-,56-53-. The lowest BCUT2D eigenvalue weighted by molar-refractivity contribution is -0.166. The van der Waals surface area contributed by atoms with Crippen molar-refractivity contribution in [3.05, 3.63) is 134 Å². The summed E-state index contributed by atoms with van der Waals surface area (Å²) in [7, 11) is 0. The quantitative estimate of drug-likeness (QED) is 0.0262. The van der Waals surface area contributed by atoms with Crippen molar-refractivity contribution in [1.29, 1.82) is 0 Å². The van der Waals surface area contributed by atoms with Crippen molar-refractivity contribution >= 4 is 17.9 Å². The summed E-state index contributed by atoms with van der Waals surface area (Å²) in [4.78, 5) is 38.1. The first-order valence-electron chi connectivity index (χ1n) is 28.7.